The molecule has 0 aromatic heterocycles. The smallest absolute Gasteiger partial charge is 0.337 e. The Morgan fingerprint density at radius 1 is 1.32 bits per heavy atom. The molecule has 1 aromatic rings. The number of nitrogens with one attached hydrogen (secondary N) is 1. The van der Waals surface area contributed by atoms with Crippen LogP contribution in [0.2, 0.25) is 5.02 Å². The van der Waals surface area contributed by atoms with Gasteiger partial charge in [-0.25, -0.2) is 4.79 Å². The van der Waals surface area contributed by atoms with Gasteiger partial charge in [-0.2, -0.15) is 0 Å². The lowest BCUT2D eigenvalue weighted by atomic mass is 9.99. The van der Waals surface area contributed by atoms with E-state index < -0.39 is 5.97 Å². The standard InChI is InChI=1S/C13H14ClNO4/c14-11-7-9(1-2-10(11)13(17)18)15-12(16)8-3-5-19-6-4-8/h1-2,7-8H,3-6H2,(H,15,16)(H,17,18). The van der Waals surface area contributed by atoms with Crippen LogP contribution in [0.5, 0.6) is 0 Å². The maximum atomic E-state index is 12.0. The van der Waals surface area contributed by atoms with Crippen LogP contribution < -0.4 is 5.32 Å². The SMILES string of the molecule is O=C(O)c1ccc(NC(=O)C2CCOCC2)cc1Cl. The van der Waals surface area contributed by atoms with Crippen LogP contribution in [-0.2, 0) is 9.53 Å². The quantitative estimate of drug-likeness (QED) is 0.893. The van der Waals surface area contributed by atoms with Gasteiger partial charge in [-0.1, -0.05) is 11.6 Å². The van der Waals surface area contributed by atoms with Crippen LogP contribution in [-0.4, -0.2) is 30.2 Å². The zero-order chi connectivity index (χ0) is 13.8. The number of amides is 1. The van der Waals surface area contributed by atoms with E-state index in [0.717, 1.165) is 0 Å². The van der Waals surface area contributed by atoms with Crippen LogP contribution in [0.25, 0.3) is 0 Å². The molecule has 0 spiro atoms. The summed E-state index contributed by atoms with van der Waals surface area (Å²) >= 11 is 5.84. The normalized spacial score (nSPS) is 16.1. The number of benzene rings is 1. The second kappa shape index (κ2) is 6.04. The van der Waals surface area contributed by atoms with Crippen molar-refractivity contribution in [3.63, 3.8) is 0 Å². The molecule has 1 aliphatic heterocycles. The van der Waals surface area contributed by atoms with Gasteiger partial charge in [0, 0.05) is 24.8 Å². The Bertz CT molecular complexity index is 497. The van der Waals surface area contributed by atoms with E-state index in [-0.39, 0.29) is 22.4 Å². The summed E-state index contributed by atoms with van der Waals surface area (Å²) in [7, 11) is 0. The Labute approximate surface area is 115 Å². The molecule has 0 atom stereocenters. The molecule has 19 heavy (non-hydrogen) atoms. The largest absolute Gasteiger partial charge is 0.478 e. The highest BCUT2D eigenvalue weighted by atomic mass is 35.5. The Kier molecular flexibility index (Phi) is 4.39. The van der Waals surface area contributed by atoms with Crippen LogP contribution >= 0.6 is 11.6 Å². The van der Waals surface area contributed by atoms with E-state index in [1.54, 1.807) is 0 Å². The molecule has 1 amide bonds. The van der Waals surface area contributed by atoms with Gasteiger partial charge < -0.3 is 15.2 Å². The molecular formula is C13H14ClNO4. The molecule has 1 heterocycles. The first kappa shape index (κ1) is 13.8. The molecule has 5 nitrogen and oxygen atoms in total. The third-order valence-corrected chi connectivity index (χ3v) is 3.37. The zero-order valence-corrected chi connectivity index (χ0v) is 10.9. The van der Waals surface area contributed by atoms with Crippen molar-refractivity contribution in [2.75, 3.05) is 18.5 Å². The van der Waals surface area contributed by atoms with Crippen molar-refractivity contribution in [2.24, 2.45) is 5.92 Å². The molecule has 0 saturated carbocycles. The average molecular weight is 284 g/mol. The minimum absolute atomic E-state index is 0.0192. The minimum Gasteiger partial charge on any atom is -0.478 e. The fourth-order valence-corrected chi connectivity index (χ4v) is 2.23. The Morgan fingerprint density at radius 2 is 2.00 bits per heavy atom. The highest BCUT2D eigenvalue weighted by Crippen LogP contribution is 2.23. The van der Waals surface area contributed by atoms with Crippen molar-refractivity contribution in [3.8, 4) is 0 Å². The Hall–Kier alpha value is -1.59. The van der Waals surface area contributed by atoms with Gasteiger partial charge in [0.1, 0.15) is 0 Å². The number of carbonyl (C=O) groups excluding carboxylic acids is 1. The second-order valence-corrected chi connectivity index (χ2v) is 4.78. The number of carboxylic acid groups (broad SMARTS) is 1. The maximum Gasteiger partial charge on any atom is 0.337 e. The fourth-order valence-electron chi connectivity index (χ4n) is 1.97. The van der Waals surface area contributed by atoms with Gasteiger partial charge in [-0.05, 0) is 31.0 Å². The van der Waals surface area contributed by atoms with E-state index in [0.29, 0.717) is 31.7 Å². The predicted octanol–water partition coefficient (Wildman–Crippen LogP) is 2.40. The molecule has 2 N–H and O–H groups in total. The fraction of sp³-hybridized carbons (Fsp3) is 0.385. The van der Waals surface area contributed by atoms with Crippen molar-refractivity contribution >= 4 is 29.2 Å². The number of rotatable bonds is 3. The van der Waals surface area contributed by atoms with Crippen molar-refractivity contribution < 1.29 is 19.4 Å². The Morgan fingerprint density at radius 3 is 2.58 bits per heavy atom. The highest BCUT2D eigenvalue weighted by Gasteiger charge is 2.21. The van der Waals surface area contributed by atoms with Crippen LogP contribution in [0.15, 0.2) is 18.2 Å². The first-order valence-electron chi connectivity index (χ1n) is 5.99. The van der Waals surface area contributed by atoms with Gasteiger partial charge in [0.15, 0.2) is 0 Å². The summed E-state index contributed by atoms with van der Waals surface area (Å²) in [6, 6.07) is 4.36. The summed E-state index contributed by atoms with van der Waals surface area (Å²) in [5.74, 6) is -1.23. The van der Waals surface area contributed by atoms with E-state index in [1.165, 1.54) is 18.2 Å². The first-order chi connectivity index (χ1) is 9.08. The number of ether oxygens (including phenoxy) is 1. The van der Waals surface area contributed by atoms with E-state index in [4.69, 9.17) is 21.4 Å². The molecule has 0 unspecified atom stereocenters. The molecule has 2 rings (SSSR count). The van der Waals surface area contributed by atoms with Gasteiger partial charge in [0.2, 0.25) is 5.91 Å². The van der Waals surface area contributed by atoms with Gasteiger partial charge in [-0.15, -0.1) is 0 Å². The molecule has 102 valence electrons. The summed E-state index contributed by atoms with van der Waals surface area (Å²) < 4.78 is 5.19. The van der Waals surface area contributed by atoms with E-state index in [2.05, 4.69) is 5.32 Å². The summed E-state index contributed by atoms with van der Waals surface area (Å²) in [6.45, 7) is 1.19. The maximum absolute atomic E-state index is 12.0. The molecule has 0 bridgehead atoms. The number of carbonyl (C=O) groups is 2. The summed E-state index contributed by atoms with van der Waals surface area (Å²) in [5, 5.41) is 11.7. The summed E-state index contributed by atoms with van der Waals surface area (Å²) in [6.07, 6.45) is 1.40. The number of hydrogen-bond donors (Lipinski definition) is 2. The van der Waals surface area contributed by atoms with Gasteiger partial charge in [0.25, 0.3) is 0 Å². The van der Waals surface area contributed by atoms with Crippen LogP contribution in [0.3, 0.4) is 0 Å². The van der Waals surface area contributed by atoms with Crippen molar-refractivity contribution in [3.05, 3.63) is 28.8 Å². The average Bonchev–Trinajstić information content (AvgIpc) is 2.39. The first-order valence-corrected chi connectivity index (χ1v) is 6.37. The number of anilines is 1. The third kappa shape index (κ3) is 3.45. The zero-order valence-electron chi connectivity index (χ0n) is 10.2. The third-order valence-electron chi connectivity index (χ3n) is 3.06. The van der Waals surface area contributed by atoms with Crippen molar-refractivity contribution in [2.45, 2.75) is 12.8 Å². The van der Waals surface area contributed by atoms with Gasteiger partial charge in [-0.3, -0.25) is 4.79 Å². The van der Waals surface area contributed by atoms with Crippen molar-refractivity contribution in [1.82, 2.24) is 0 Å². The van der Waals surface area contributed by atoms with E-state index >= 15 is 0 Å². The Balaban J connectivity index is 2.04. The summed E-state index contributed by atoms with van der Waals surface area (Å²) in [4.78, 5) is 22.8. The predicted molar refractivity (Wildman–Crippen MR) is 70.6 cm³/mol. The molecule has 1 aliphatic rings. The lowest BCUT2D eigenvalue weighted by molar-refractivity contribution is -0.122. The second-order valence-electron chi connectivity index (χ2n) is 4.38. The molecular weight excluding hydrogens is 270 g/mol. The van der Waals surface area contributed by atoms with E-state index in [9.17, 15) is 9.59 Å². The lowest BCUT2D eigenvalue weighted by Crippen LogP contribution is -2.28. The van der Waals surface area contributed by atoms with Crippen molar-refractivity contribution in [1.29, 1.82) is 0 Å². The van der Waals surface area contributed by atoms with Gasteiger partial charge in [0.05, 0.1) is 10.6 Å². The van der Waals surface area contributed by atoms with Crippen LogP contribution in [0, 0.1) is 5.92 Å². The minimum atomic E-state index is -1.09. The van der Waals surface area contributed by atoms with Gasteiger partial charge >= 0.3 is 5.97 Å². The topological polar surface area (TPSA) is 75.6 Å². The highest BCUT2D eigenvalue weighted by molar-refractivity contribution is 6.33. The molecule has 0 aliphatic carbocycles. The van der Waals surface area contributed by atoms with Crippen LogP contribution in [0.1, 0.15) is 23.2 Å². The molecule has 0 radical (unpaired) electrons. The van der Waals surface area contributed by atoms with E-state index in [1.807, 2.05) is 0 Å². The number of carboxylic acids is 1. The molecule has 6 heteroatoms. The number of halogens is 1. The van der Waals surface area contributed by atoms with Crippen LogP contribution in [0.4, 0.5) is 5.69 Å². The summed E-state index contributed by atoms with van der Waals surface area (Å²) in [5.41, 5.74) is 0.525. The number of hydrogen-bond acceptors (Lipinski definition) is 3. The lowest BCUT2D eigenvalue weighted by Gasteiger charge is -2.21. The monoisotopic (exact) mass is 283 g/mol. The molecule has 1 fully saturated rings. The molecule has 1 saturated heterocycles. The molecule has 1 aromatic carbocycles. The number of aromatic carboxylic acids is 1.